The fourth-order valence-corrected chi connectivity index (χ4v) is 2.06. The Morgan fingerprint density at radius 1 is 1.36 bits per heavy atom. The first-order valence-electron chi connectivity index (χ1n) is 3.90. The van der Waals surface area contributed by atoms with Gasteiger partial charge in [-0.15, -0.1) is 0 Å². The minimum atomic E-state index is -2.82. The van der Waals surface area contributed by atoms with Gasteiger partial charge in [-0.1, -0.05) is 13.8 Å². The first-order chi connectivity index (χ1) is 4.99. The monoisotopic (exact) mass is 179 g/mol. The van der Waals surface area contributed by atoms with Crippen molar-refractivity contribution in [3.05, 3.63) is 0 Å². The second-order valence-corrected chi connectivity index (χ2v) is 4.94. The molecule has 4 heteroatoms. The van der Waals surface area contributed by atoms with Gasteiger partial charge in [-0.3, -0.25) is 0 Å². The van der Waals surface area contributed by atoms with E-state index in [0.29, 0.717) is 0 Å². The molecule has 0 spiro atoms. The van der Waals surface area contributed by atoms with Crippen molar-refractivity contribution in [2.75, 3.05) is 18.6 Å². The zero-order valence-electron chi connectivity index (χ0n) is 7.42. The fraction of sp³-hybridized carbons (Fsp3) is 1.00. The molecular formula is C7H17NO2S. The Morgan fingerprint density at radius 2 is 1.91 bits per heavy atom. The lowest BCUT2D eigenvalue weighted by molar-refractivity contribution is 0.536. The topological polar surface area (TPSA) is 46.2 Å². The molecule has 1 unspecified atom stereocenters. The molecule has 1 N–H and O–H groups in total. The molecule has 3 nitrogen and oxygen atoms in total. The van der Waals surface area contributed by atoms with Crippen LogP contribution in [-0.2, 0) is 9.84 Å². The Morgan fingerprint density at radius 3 is 2.18 bits per heavy atom. The molecule has 0 aromatic carbocycles. The third-order valence-electron chi connectivity index (χ3n) is 1.49. The van der Waals surface area contributed by atoms with Crippen molar-refractivity contribution in [3.63, 3.8) is 0 Å². The minimum absolute atomic E-state index is 0.120. The average Bonchev–Trinajstić information content (AvgIpc) is 1.84. The summed E-state index contributed by atoms with van der Waals surface area (Å²) >= 11 is 0. The zero-order valence-corrected chi connectivity index (χ0v) is 8.24. The van der Waals surface area contributed by atoms with Crippen LogP contribution in [0.2, 0.25) is 0 Å². The molecule has 0 amide bonds. The van der Waals surface area contributed by atoms with Crippen LogP contribution in [0, 0.1) is 0 Å². The van der Waals surface area contributed by atoms with Crippen molar-refractivity contribution < 1.29 is 8.42 Å². The Hall–Kier alpha value is -0.0900. The van der Waals surface area contributed by atoms with E-state index >= 15 is 0 Å². The van der Waals surface area contributed by atoms with Crippen molar-refractivity contribution in [1.82, 2.24) is 5.32 Å². The minimum Gasteiger partial charge on any atom is -0.313 e. The summed E-state index contributed by atoms with van der Waals surface area (Å²) in [6.07, 6.45) is 2.13. The van der Waals surface area contributed by atoms with Crippen LogP contribution in [-0.4, -0.2) is 33.0 Å². The largest absolute Gasteiger partial charge is 0.313 e. The molecule has 11 heavy (non-hydrogen) atoms. The summed E-state index contributed by atoms with van der Waals surface area (Å²) in [5.41, 5.74) is 0. The highest BCUT2D eigenvalue weighted by molar-refractivity contribution is 7.90. The SMILES string of the molecule is CCNC(CC)CS(C)(=O)=O. The normalized spacial score (nSPS) is 14.8. The smallest absolute Gasteiger partial charge is 0.148 e. The average molecular weight is 179 g/mol. The summed E-state index contributed by atoms with van der Waals surface area (Å²) in [6, 6.07) is 0.120. The van der Waals surface area contributed by atoms with Gasteiger partial charge in [0.05, 0.1) is 5.75 Å². The first kappa shape index (κ1) is 10.9. The van der Waals surface area contributed by atoms with Crippen LogP contribution < -0.4 is 5.32 Å². The molecule has 0 saturated carbocycles. The van der Waals surface area contributed by atoms with E-state index in [1.54, 1.807) is 0 Å². The number of hydrogen-bond acceptors (Lipinski definition) is 3. The van der Waals surface area contributed by atoms with E-state index in [1.807, 2.05) is 13.8 Å². The lowest BCUT2D eigenvalue weighted by Crippen LogP contribution is -2.34. The first-order valence-corrected chi connectivity index (χ1v) is 5.96. The quantitative estimate of drug-likeness (QED) is 0.665. The summed E-state index contributed by atoms with van der Waals surface area (Å²) in [5.74, 6) is 0.247. The maximum Gasteiger partial charge on any atom is 0.148 e. The molecule has 0 fully saturated rings. The van der Waals surface area contributed by atoms with Crippen molar-refractivity contribution in [3.8, 4) is 0 Å². The molecule has 0 aromatic rings. The van der Waals surface area contributed by atoms with E-state index in [2.05, 4.69) is 5.32 Å². The zero-order chi connectivity index (χ0) is 8.91. The molecule has 0 heterocycles. The summed E-state index contributed by atoms with van der Waals surface area (Å²) in [7, 11) is -2.82. The van der Waals surface area contributed by atoms with Gasteiger partial charge >= 0.3 is 0 Å². The van der Waals surface area contributed by atoms with Crippen LogP contribution in [0.4, 0.5) is 0 Å². The van der Waals surface area contributed by atoms with Crippen molar-refractivity contribution in [1.29, 1.82) is 0 Å². The van der Waals surface area contributed by atoms with Gasteiger partial charge < -0.3 is 5.32 Å². The molecule has 0 aliphatic heterocycles. The van der Waals surface area contributed by atoms with Crippen LogP contribution >= 0.6 is 0 Å². The van der Waals surface area contributed by atoms with Gasteiger partial charge in [0.1, 0.15) is 9.84 Å². The van der Waals surface area contributed by atoms with Crippen molar-refractivity contribution in [2.45, 2.75) is 26.3 Å². The molecule has 1 atom stereocenters. The van der Waals surface area contributed by atoms with E-state index < -0.39 is 9.84 Å². The molecule has 0 aliphatic carbocycles. The Bertz CT molecular complexity index is 187. The molecule has 0 radical (unpaired) electrons. The lowest BCUT2D eigenvalue weighted by Gasteiger charge is -2.13. The Balaban J connectivity index is 3.88. The second-order valence-electron chi connectivity index (χ2n) is 2.76. The van der Waals surface area contributed by atoms with E-state index in [9.17, 15) is 8.42 Å². The van der Waals surface area contributed by atoms with Crippen molar-refractivity contribution >= 4 is 9.84 Å². The third-order valence-corrected chi connectivity index (χ3v) is 2.50. The number of rotatable bonds is 5. The standard InChI is InChI=1S/C7H17NO2S/c1-4-7(8-5-2)6-11(3,9)10/h7-8H,4-6H2,1-3H3. The van der Waals surface area contributed by atoms with Crippen LogP contribution in [0.5, 0.6) is 0 Å². The number of sulfone groups is 1. The molecular weight excluding hydrogens is 162 g/mol. The summed E-state index contributed by atoms with van der Waals surface area (Å²) in [6.45, 7) is 4.79. The maximum absolute atomic E-state index is 10.8. The maximum atomic E-state index is 10.8. The van der Waals surface area contributed by atoms with Crippen molar-refractivity contribution in [2.24, 2.45) is 0 Å². The van der Waals surface area contributed by atoms with Gasteiger partial charge in [0, 0.05) is 12.3 Å². The summed E-state index contributed by atoms with van der Waals surface area (Å²) < 4.78 is 21.7. The van der Waals surface area contributed by atoms with Gasteiger partial charge in [0.25, 0.3) is 0 Å². The van der Waals surface area contributed by atoms with Crippen LogP contribution in [0.1, 0.15) is 20.3 Å². The number of hydrogen-bond donors (Lipinski definition) is 1. The lowest BCUT2D eigenvalue weighted by atomic mass is 10.2. The van der Waals surface area contributed by atoms with Crippen LogP contribution in [0.25, 0.3) is 0 Å². The molecule has 68 valence electrons. The highest BCUT2D eigenvalue weighted by Crippen LogP contribution is 1.95. The molecule has 0 saturated heterocycles. The van der Waals surface area contributed by atoms with Gasteiger partial charge in [0.15, 0.2) is 0 Å². The molecule has 0 aliphatic rings. The Labute approximate surface area is 69.1 Å². The molecule has 0 rings (SSSR count). The van der Waals surface area contributed by atoms with E-state index in [-0.39, 0.29) is 11.8 Å². The van der Waals surface area contributed by atoms with E-state index in [1.165, 1.54) is 6.26 Å². The second kappa shape index (κ2) is 4.72. The van der Waals surface area contributed by atoms with E-state index in [4.69, 9.17) is 0 Å². The van der Waals surface area contributed by atoms with Crippen LogP contribution in [0.3, 0.4) is 0 Å². The van der Waals surface area contributed by atoms with Gasteiger partial charge in [-0.05, 0) is 13.0 Å². The van der Waals surface area contributed by atoms with Gasteiger partial charge in [-0.25, -0.2) is 8.42 Å². The molecule has 0 aromatic heterocycles. The predicted octanol–water partition coefficient (Wildman–Crippen LogP) is 0.419. The molecule has 0 bridgehead atoms. The Kier molecular flexibility index (Phi) is 4.68. The third kappa shape index (κ3) is 6.31. The highest BCUT2D eigenvalue weighted by Gasteiger charge is 2.11. The van der Waals surface area contributed by atoms with E-state index in [0.717, 1.165) is 13.0 Å². The van der Waals surface area contributed by atoms with Gasteiger partial charge in [0.2, 0.25) is 0 Å². The predicted molar refractivity (Wildman–Crippen MR) is 47.5 cm³/mol. The summed E-state index contributed by atoms with van der Waals surface area (Å²) in [5, 5.41) is 3.11. The summed E-state index contributed by atoms with van der Waals surface area (Å²) in [4.78, 5) is 0. The van der Waals surface area contributed by atoms with Crippen LogP contribution in [0.15, 0.2) is 0 Å². The number of nitrogens with one attached hydrogen (secondary N) is 1. The highest BCUT2D eigenvalue weighted by atomic mass is 32.2. The fourth-order valence-electron chi connectivity index (χ4n) is 0.975. The van der Waals surface area contributed by atoms with Gasteiger partial charge in [-0.2, -0.15) is 0 Å².